The van der Waals surface area contributed by atoms with Gasteiger partial charge in [0, 0.05) is 29.7 Å². The maximum Gasteiger partial charge on any atom is 0.310 e. The highest BCUT2D eigenvalue weighted by Crippen LogP contribution is 2.41. The van der Waals surface area contributed by atoms with Crippen LogP contribution in [0.1, 0.15) is 78.0 Å². The first kappa shape index (κ1) is 36.5. The van der Waals surface area contributed by atoms with Crippen LogP contribution in [0.15, 0.2) is 36.4 Å². The van der Waals surface area contributed by atoms with Gasteiger partial charge in [-0.25, -0.2) is 26.3 Å². The van der Waals surface area contributed by atoms with Gasteiger partial charge in [-0.15, -0.1) is 0 Å². The normalized spacial score (nSPS) is 31.7. The summed E-state index contributed by atoms with van der Waals surface area (Å²) in [6, 6.07) is 7.91. The number of hydrogen-bond acceptors (Lipinski definition) is 5. The molecule has 5 nitrogen and oxygen atoms in total. The largest absolute Gasteiger partial charge is 0.460 e. The molecule has 0 amide bonds. The molecule has 0 bridgehead atoms. The molecule has 2 aromatic rings. The lowest BCUT2D eigenvalue weighted by Gasteiger charge is -2.44. The van der Waals surface area contributed by atoms with Crippen LogP contribution in [0.2, 0.25) is 0 Å². The molecule has 45 heavy (non-hydrogen) atoms. The van der Waals surface area contributed by atoms with Crippen LogP contribution < -0.4 is 16.4 Å². The smallest absolute Gasteiger partial charge is 0.310 e. The highest BCUT2D eigenvalue weighted by Gasteiger charge is 2.51. The minimum atomic E-state index is -1.99. The molecule has 4 rings (SSSR count). The molecule has 0 spiro atoms. The number of nitrogen functional groups attached to an aromatic ring is 1. The summed E-state index contributed by atoms with van der Waals surface area (Å²) < 4.78 is 91.0. The molecule has 2 aliphatic rings. The number of nitrogens with one attached hydrogen (secondary N) is 2. The minimum absolute atomic E-state index is 0.00362. The van der Waals surface area contributed by atoms with Crippen molar-refractivity contribution in [3.8, 4) is 0 Å². The van der Waals surface area contributed by atoms with Crippen molar-refractivity contribution in [1.29, 1.82) is 0 Å². The Labute approximate surface area is 270 Å². The summed E-state index contributed by atoms with van der Waals surface area (Å²) in [5, 5.41) is 5.24. The van der Waals surface area contributed by atoms with Crippen molar-refractivity contribution < 1.29 is 35.9 Å². The number of halogens is 6. The Hall–Kier alpha value is -2.93. The predicted octanol–water partition coefficient (Wildman–Crippen LogP) is 7.32. The second kappa shape index (κ2) is 12.7. The van der Waals surface area contributed by atoms with E-state index in [0.29, 0.717) is 11.3 Å². The third kappa shape index (κ3) is 8.08. The van der Waals surface area contributed by atoms with Gasteiger partial charge in [0.05, 0.1) is 17.5 Å². The minimum Gasteiger partial charge on any atom is -0.460 e. The van der Waals surface area contributed by atoms with Crippen LogP contribution >= 0.6 is 24.4 Å². The standard InChI is InChI=1S/C19H24F3NO2S.C13H15F3N2S/c1-17(2,3)25-15(24)9-11-6-7-13(20)12(8-11)19(5)14(21)10-18(4,22)16(26)23-19;1-12(16)6-10(15)13(2,18-11(12)19)8-5-7(17)3-4-9(8)14/h6-8,14H,9-10H2,1-5H3,(H,23,26);3-5,10H,6,17H2,1-2H3,(H,18,19)/t14-,18+,19+;10-,12+,13+/m00/s1. The number of piperidine rings is 2. The van der Waals surface area contributed by atoms with Gasteiger partial charge in [-0.05, 0) is 84.4 Å². The van der Waals surface area contributed by atoms with Crippen molar-refractivity contribution in [3.05, 3.63) is 64.7 Å². The Bertz CT molecular complexity index is 1480. The summed E-state index contributed by atoms with van der Waals surface area (Å²) >= 11 is 9.91. The zero-order valence-corrected chi connectivity index (χ0v) is 27.9. The van der Waals surface area contributed by atoms with Crippen LogP contribution in [-0.4, -0.2) is 45.2 Å². The lowest BCUT2D eigenvalue weighted by atomic mass is 9.77. The fraction of sp³-hybridized carbons (Fsp3) is 0.531. The fourth-order valence-electron chi connectivity index (χ4n) is 5.19. The molecule has 6 atom stereocenters. The number of thiocarbonyl (C=S) groups is 2. The fourth-order valence-corrected chi connectivity index (χ4v) is 5.78. The number of esters is 1. The molecule has 2 aliphatic heterocycles. The summed E-state index contributed by atoms with van der Waals surface area (Å²) in [4.78, 5) is 11.7. The molecular formula is C32H39F6N3O2S2. The van der Waals surface area contributed by atoms with Crippen molar-refractivity contribution in [2.45, 2.75) is 108 Å². The number of carbonyl (C=O) groups is 1. The maximum atomic E-state index is 14.8. The van der Waals surface area contributed by atoms with Crippen molar-refractivity contribution >= 4 is 46.1 Å². The first-order valence-corrected chi connectivity index (χ1v) is 15.1. The topological polar surface area (TPSA) is 76.4 Å². The average Bonchev–Trinajstić information content (AvgIpc) is 2.88. The number of carbonyl (C=O) groups excluding carboxylic acids is 1. The molecule has 2 fully saturated rings. The summed E-state index contributed by atoms with van der Waals surface area (Å²) in [5.74, 6) is -1.72. The Kier molecular flexibility index (Phi) is 10.3. The lowest BCUT2D eigenvalue weighted by molar-refractivity contribution is -0.153. The Morgan fingerprint density at radius 1 is 0.867 bits per heavy atom. The zero-order chi connectivity index (χ0) is 34.3. The van der Waals surface area contributed by atoms with E-state index in [2.05, 4.69) is 10.6 Å². The molecule has 0 unspecified atom stereocenters. The molecule has 0 radical (unpaired) electrons. The second-order valence-corrected chi connectivity index (χ2v) is 14.2. The molecule has 0 aromatic heterocycles. The third-order valence-corrected chi connectivity index (χ3v) is 9.04. The third-order valence-electron chi connectivity index (χ3n) is 7.98. The number of nitrogens with two attached hydrogens (primary N) is 1. The summed E-state index contributed by atoms with van der Waals surface area (Å²) in [6.45, 7) is 10.5. The number of alkyl halides is 4. The highest BCUT2D eigenvalue weighted by atomic mass is 32.1. The molecule has 4 N–H and O–H groups in total. The molecule has 13 heteroatoms. The number of benzene rings is 2. The molecule has 2 aromatic carbocycles. The molecule has 2 saturated heterocycles. The lowest BCUT2D eigenvalue weighted by Crippen LogP contribution is -2.61. The van der Waals surface area contributed by atoms with E-state index < -0.39 is 70.8 Å². The van der Waals surface area contributed by atoms with E-state index in [1.807, 2.05) is 0 Å². The first-order chi connectivity index (χ1) is 20.4. The van der Waals surface area contributed by atoms with Gasteiger partial charge in [0.15, 0.2) is 11.3 Å². The van der Waals surface area contributed by atoms with Gasteiger partial charge in [-0.3, -0.25) is 4.79 Å². The Morgan fingerprint density at radius 3 is 1.73 bits per heavy atom. The molecule has 0 saturated carbocycles. The maximum absolute atomic E-state index is 14.8. The van der Waals surface area contributed by atoms with Gasteiger partial charge in [0.1, 0.15) is 39.6 Å². The van der Waals surface area contributed by atoms with E-state index in [9.17, 15) is 31.1 Å². The SMILES string of the molecule is CC(C)(C)OC(=O)Cc1ccc(F)c([C@@]2(C)NC(=S)[C@](C)(F)C[C@@H]2F)c1.C[C@@]1(F)C[C@H](F)[C@@](C)(c2cc(N)ccc2F)NC1=S. The van der Waals surface area contributed by atoms with Crippen LogP contribution in [0.4, 0.5) is 32.0 Å². The van der Waals surface area contributed by atoms with Gasteiger partial charge in [0.2, 0.25) is 0 Å². The van der Waals surface area contributed by atoms with Crippen LogP contribution in [-0.2, 0) is 27.0 Å². The van der Waals surface area contributed by atoms with Crippen LogP contribution in [0.3, 0.4) is 0 Å². The first-order valence-electron chi connectivity index (χ1n) is 14.3. The predicted molar refractivity (Wildman–Crippen MR) is 171 cm³/mol. The summed E-state index contributed by atoms with van der Waals surface area (Å²) in [7, 11) is 0. The van der Waals surface area contributed by atoms with Gasteiger partial charge in [0.25, 0.3) is 0 Å². The van der Waals surface area contributed by atoms with Gasteiger partial charge in [-0.1, -0.05) is 30.5 Å². The van der Waals surface area contributed by atoms with Crippen molar-refractivity contribution in [2.75, 3.05) is 5.73 Å². The number of ether oxygens (including phenoxy) is 1. The monoisotopic (exact) mass is 675 g/mol. The summed E-state index contributed by atoms with van der Waals surface area (Å²) in [5.41, 5.74) is -1.04. The van der Waals surface area contributed by atoms with E-state index in [-0.39, 0.29) is 27.5 Å². The van der Waals surface area contributed by atoms with Crippen LogP contribution in [0, 0.1) is 11.6 Å². The second-order valence-electron chi connectivity index (χ2n) is 13.4. The van der Waals surface area contributed by atoms with E-state index in [1.165, 1.54) is 58.0 Å². The zero-order valence-electron chi connectivity index (χ0n) is 26.2. The number of rotatable bonds is 4. The van der Waals surface area contributed by atoms with Crippen molar-refractivity contribution in [2.24, 2.45) is 0 Å². The Balaban J connectivity index is 0.000000257. The van der Waals surface area contributed by atoms with E-state index in [0.717, 1.165) is 6.07 Å². The quantitative estimate of drug-likeness (QED) is 0.136. The van der Waals surface area contributed by atoms with E-state index in [4.69, 9.17) is 34.9 Å². The van der Waals surface area contributed by atoms with E-state index >= 15 is 0 Å². The number of hydrogen-bond donors (Lipinski definition) is 3. The average molecular weight is 676 g/mol. The molecular weight excluding hydrogens is 636 g/mol. The van der Waals surface area contributed by atoms with Crippen LogP contribution in [0.25, 0.3) is 0 Å². The highest BCUT2D eigenvalue weighted by molar-refractivity contribution is 7.80. The molecule has 0 aliphatic carbocycles. The van der Waals surface area contributed by atoms with Gasteiger partial charge >= 0.3 is 5.97 Å². The van der Waals surface area contributed by atoms with Gasteiger partial charge < -0.3 is 21.1 Å². The number of anilines is 1. The van der Waals surface area contributed by atoms with E-state index in [1.54, 1.807) is 20.8 Å². The molecule has 248 valence electrons. The van der Waals surface area contributed by atoms with Crippen molar-refractivity contribution in [1.82, 2.24) is 10.6 Å². The summed E-state index contributed by atoms with van der Waals surface area (Å²) in [6.07, 6.45) is -4.28. The van der Waals surface area contributed by atoms with Crippen molar-refractivity contribution in [3.63, 3.8) is 0 Å². The Morgan fingerprint density at radius 2 is 1.29 bits per heavy atom. The van der Waals surface area contributed by atoms with Crippen LogP contribution in [0.5, 0.6) is 0 Å². The molecule has 2 heterocycles. The van der Waals surface area contributed by atoms with Gasteiger partial charge in [-0.2, -0.15) is 0 Å².